The smallest absolute Gasteiger partial charge is 0.221 e. The Morgan fingerprint density at radius 2 is 1.29 bits per heavy atom. The van der Waals surface area contributed by atoms with Crippen molar-refractivity contribution in [3.63, 3.8) is 0 Å². The minimum absolute atomic E-state index is 0.0129. The molecule has 0 spiro atoms. The summed E-state index contributed by atoms with van der Waals surface area (Å²) < 4.78 is 26.6. The number of methoxy groups -OCH3 is 2. The van der Waals surface area contributed by atoms with Gasteiger partial charge in [0.15, 0.2) is 0 Å². The monoisotopic (exact) mass is 706 g/mol. The maximum atomic E-state index is 15.5. The van der Waals surface area contributed by atoms with Crippen LogP contribution in [-0.2, 0) is 22.7 Å². The molecule has 256 valence electrons. The van der Waals surface area contributed by atoms with Crippen LogP contribution in [0.2, 0.25) is 10.0 Å². The zero-order chi connectivity index (χ0) is 34.5. The Hall–Kier alpha value is -4.29. The van der Waals surface area contributed by atoms with Gasteiger partial charge in [0.1, 0.15) is 5.82 Å². The number of carbonyl (C=O) groups is 2. The highest BCUT2D eigenvalue weighted by molar-refractivity contribution is 6.39. The van der Waals surface area contributed by atoms with Gasteiger partial charge in [0, 0.05) is 85.0 Å². The molecule has 0 saturated carbocycles. The molecule has 4 aromatic rings. The summed E-state index contributed by atoms with van der Waals surface area (Å²) in [5.41, 5.74) is 4.60. The van der Waals surface area contributed by atoms with Gasteiger partial charge >= 0.3 is 0 Å². The fraction of sp³-hybridized carbons (Fsp3) is 0.333. The molecule has 2 aromatic heterocycles. The molecule has 13 heteroatoms. The number of nitrogens with one attached hydrogen (secondary N) is 4. The van der Waals surface area contributed by atoms with E-state index in [1.54, 1.807) is 13.2 Å². The molecule has 0 aliphatic carbocycles. The van der Waals surface area contributed by atoms with Gasteiger partial charge in [-0.15, -0.1) is 0 Å². The average Bonchev–Trinajstić information content (AvgIpc) is 3.72. The summed E-state index contributed by atoms with van der Waals surface area (Å²) in [6, 6.07) is 16.4. The van der Waals surface area contributed by atoms with Gasteiger partial charge in [-0.1, -0.05) is 65.7 Å². The highest BCUT2D eigenvalue weighted by Crippen LogP contribution is 2.42. The number of rotatable bonds is 13. The van der Waals surface area contributed by atoms with Crippen molar-refractivity contribution < 1.29 is 23.5 Å². The Kier molecular flexibility index (Phi) is 10.9. The van der Waals surface area contributed by atoms with E-state index in [4.69, 9.17) is 37.7 Å². The first-order chi connectivity index (χ1) is 23.7. The molecule has 2 aromatic carbocycles. The summed E-state index contributed by atoms with van der Waals surface area (Å²) in [6.07, 6.45) is 2.61. The van der Waals surface area contributed by atoms with E-state index in [0.29, 0.717) is 82.0 Å². The van der Waals surface area contributed by atoms with E-state index in [-0.39, 0.29) is 41.9 Å². The first-order valence-electron chi connectivity index (χ1n) is 16.1. The number of pyridine rings is 2. The molecule has 0 unspecified atom stereocenters. The number of aromatic nitrogens is 2. The molecule has 2 aliphatic rings. The second kappa shape index (κ2) is 15.5. The molecule has 6 rings (SSSR count). The van der Waals surface area contributed by atoms with Gasteiger partial charge in [-0.3, -0.25) is 9.59 Å². The van der Waals surface area contributed by atoms with Crippen LogP contribution in [0.25, 0.3) is 33.6 Å². The second-order valence-corrected chi connectivity index (χ2v) is 12.8. The zero-order valence-corrected chi connectivity index (χ0v) is 28.7. The van der Waals surface area contributed by atoms with E-state index in [1.165, 1.54) is 13.2 Å². The molecule has 2 saturated heterocycles. The molecule has 2 fully saturated rings. The zero-order valence-electron chi connectivity index (χ0n) is 27.2. The number of nitrogens with zero attached hydrogens (tertiary/aromatic N) is 2. The van der Waals surface area contributed by atoms with Crippen LogP contribution in [0.1, 0.15) is 36.8 Å². The van der Waals surface area contributed by atoms with Crippen LogP contribution in [0.5, 0.6) is 11.8 Å². The molecule has 0 bridgehead atoms. The molecule has 2 amide bonds. The SMILES string of the molecule is COc1nc(-c2cccc(-c3cccc(-c4cc(F)c(CNC[C@@H]5CCC(=O)N5)c(OC)n4)c3Cl)c2Cl)ccc1CNC[C@H]1CCC(=O)N1. The van der Waals surface area contributed by atoms with E-state index < -0.39 is 5.82 Å². The standard InChI is InChI=1S/C36H37Cl2FN6O4/c1-48-35-20(16-40-17-21-10-13-31(46)42-21)9-12-29(44-35)25-7-3-5-23(33(25)37)24-6-4-8-26(34(24)38)30-15-28(39)27(36(45-30)49-2)19-41-18-22-11-14-32(47)43-22/h3-9,12,15,21-22,40-41H,10-11,13-14,16-19H2,1-2H3,(H,42,46)(H,43,47)/t21-,22+/m1/s1. The van der Waals surface area contributed by atoms with Gasteiger partial charge in [0.2, 0.25) is 23.6 Å². The lowest BCUT2D eigenvalue weighted by molar-refractivity contribution is -0.120. The number of amides is 2. The van der Waals surface area contributed by atoms with Gasteiger partial charge in [-0.25, -0.2) is 14.4 Å². The number of ether oxygens (including phenoxy) is 2. The largest absolute Gasteiger partial charge is 0.481 e. The molecule has 0 radical (unpaired) electrons. The molecule has 2 atom stereocenters. The minimum Gasteiger partial charge on any atom is -0.481 e. The van der Waals surface area contributed by atoms with Crippen molar-refractivity contribution in [2.45, 2.75) is 50.9 Å². The predicted octanol–water partition coefficient (Wildman–Crippen LogP) is 5.68. The van der Waals surface area contributed by atoms with E-state index in [2.05, 4.69) is 26.3 Å². The Labute approximate surface area is 294 Å². The van der Waals surface area contributed by atoms with Crippen LogP contribution in [-0.4, -0.2) is 61.2 Å². The average molecular weight is 708 g/mol. The maximum Gasteiger partial charge on any atom is 0.221 e. The lowest BCUT2D eigenvalue weighted by Crippen LogP contribution is -2.35. The Balaban J connectivity index is 1.22. The van der Waals surface area contributed by atoms with Crippen molar-refractivity contribution in [3.8, 4) is 45.4 Å². The van der Waals surface area contributed by atoms with Crippen LogP contribution in [0.15, 0.2) is 54.6 Å². The highest BCUT2D eigenvalue weighted by atomic mass is 35.5. The predicted molar refractivity (Wildman–Crippen MR) is 187 cm³/mol. The Morgan fingerprint density at radius 1 is 0.755 bits per heavy atom. The quantitative estimate of drug-likeness (QED) is 0.140. The number of benzene rings is 2. The fourth-order valence-corrected chi connectivity index (χ4v) is 6.85. The molecular weight excluding hydrogens is 670 g/mol. The van der Waals surface area contributed by atoms with Crippen molar-refractivity contribution in [3.05, 3.63) is 81.6 Å². The van der Waals surface area contributed by atoms with Crippen LogP contribution >= 0.6 is 23.2 Å². The number of hydrogen-bond donors (Lipinski definition) is 4. The Bertz CT molecular complexity index is 1880. The van der Waals surface area contributed by atoms with Crippen molar-refractivity contribution in [1.29, 1.82) is 0 Å². The summed E-state index contributed by atoms with van der Waals surface area (Å²) in [5, 5.41) is 13.2. The van der Waals surface area contributed by atoms with Gasteiger partial charge in [-0.2, -0.15) is 0 Å². The first-order valence-corrected chi connectivity index (χ1v) is 16.9. The number of hydrogen-bond acceptors (Lipinski definition) is 8. The highest BCUT2D eigenvalue weighted by Gasteiger charge is 2.23. The van der Waals surface area contributed by atoms with E-state index in [9.17, 15) is 9.59 Å². The third-order valence-electron chi connectivity index (χ3n) is 8.77. The number of halogens is 3. The summed E-state index contributed by atoms with van der Waals surface area (Å²) in [4.78, 5) is 32.3. The summed E-state index contributed by atoms with van der Waals surface area (Å²) in [7, 11) is 3.01. The van der Waals surface area contributed by atoms with Crippen LogP contribution in [0, 0.1) is 5.82 Å². The van der Waals surface area contributed by atoms with E-state index in [0.717, 1.165) is 18.4 Å². The van der Waals surface area contributed by atoms with Crippen LogP contribution in [0.4, 0.5) is 4.39 Å². The van der Waals surface area contributed by atoms with Gasteiger partial charge < -0.3 is 30.7 Å². The first kappa shape index (κ1) is 34.6. The second-order valence-electron chi connectivity index (χ2n) is 12.0. The van der Waals surface area contributed by atoms with E-state index >= 15 is 4.39 Å². The van der Waals surface area contributed by atoms with Crippen molar-refractivity contribution in [2.24, 2.45) is 0 Å². The van der Waals surface area contributed by atoms with Crippen molar-refractivity contribution in [1.82, 2.24) is 31.2 Å². The van der Waals surface area contributed by atoms with Gasteiger partial charge in [0.25, 0.3) is 0 Å². The summed E-state index contributed by atoms with van der Waals surface area (Å²) >= 11 is 14.0. The molecule has 4 heterocycles. The summed E-state index contributed by atoms with van der Waals surface area (Å²) in [5.74, 6) is 0.226. The van der Waals surface area contributed by atoms with Gasteiger partial charge in [0.05, 0.1) is 41.2 Å². The lowest BCUT2D eigenvalue weighted by atomic mass is 9.98. The fourth-order valence-electron chi connectivity index (χ4n) is 6.20. The minimum atomic E-state index is -0.490. The molecule has 4 N–H and O–H groups in total. The van der Waals surface area contributed by atoms with E-state index in [1.807, 2.05) is 42.5 Å². The number of carbonyl (C=O) groups excluding carboxylic acids is 2. The Morgan fingerprint density at radius 3 is 1.84 bits per heavy atom. The normalized spacial score (nSPS) is 17.2. The van der Waals surface area contributed by atoms with Gasteiger partial charge in [-0.05, 0) is 18.9 Å². The molecule has 49 heavy (non-hydrogen) atoms. The van der Waals surface area contributed by atoms with Crippen molar-refractivity contribution in [2.75, 3.05) is 27.3 Å². The van der Waals surface area contributed by atoms with Crippen LogP contribution in [0.3, 0.4) is 0 Å². The molecule has 10 nitrogen and oxygen atoms in total. The van der Waals surface area contributed by atoms with Crippen molar-refractivity contribution >= 4 is 35.0 Å². The lowest BCUT2D eigenvalue weighted by Gasteiger charge is -2.16. The third kappa shape index (κ3) is 7.80. The third-order valence-corrected chi connectivity index (χ3v) is 9.58. The molecule has 2 aliphatic heterocycles. The topological polar surface area (TPSA) is 126 Å². The van der Waals surface area contributed by atoms with Crippen LogP contribution < -0.4 is 30.7 Å². The maximum absolute atomic E-state index is 15.5. The summed E-state index contributed by atoms with van der Waals surface area (Å²) in [6.45, 7) is 1.87. The molecular formula is C36H37Cl2FN6O4.